The van der Waals surface area contributed by atoms with E-state index in [0.29, 0.717) is 6.42 Å². The lowest BCUT2D eigenvalue weighted by molar-refractivity contribution is -0.199. The molecule has 0 aromatic heterocycles. The average Bonchev–Trinajstić information content (AvgIpc) is 2.78. The van der Waals surface area contributed by atoms with Gasteiger partial charge in [-0.05, 0) is 33.1 Å². The summed E-state index contributed by atoms with van der Waals surface area (Å²) in [6.45, 7) is 10.0. The number of rotatable bonds is 4. The van der Waals surface area contributed by atoms with Crippen molar-refractivity contribution in [2.24, 2.45) is 17.8 Å². The van der Waals surface area contributed by atoms with Gasteiger partial charge in [-0.25, -0.2) is 9.18 Å². The molecule has 1 fully saturated rings. The molecule has 9 atom stereocenters. The van der Waals surface area contributed by atoms with Crippen LogP contribution in [0.1, 0.15) is 67.7 Å². The highest BCUT2D eigenvalue weighted by molar-refractivity contribution is 6.07. The van der Waals surface area contributed by atoms with Crippen LogP contribution in [-0.2, 0) is 28.6 Å². The van der Waals surface area contributed by atoms with E-state index in [-0.39, 0.29) is 18.6 Å². The molecule has 9 heteroatoms. The Labute approximate surface area is 196 Å². The number of ketones is 2. The Morgan fingerprint density at radius 3 is 2.06 bits per heavy atom. The van der Waals surface area contributed by atoms with E-state index in [4.69, 9.17) is 14.2 Å². The fraction of sp³-hybridized carbons (Fsp3) is 0.875. The minimum Gasteiger partial charge on any atom is -0.457 e. The van der Waals surface area contributed by atoms with Crippen molar-refractivity contribution in [3.05, 3.63) is 0 Å². The summed E-state index contributed by atoms with van der Waals surface area (Å²) in [4.78, 5) is 39.2. The van der Waals surface area contributed by atoms with Gasteiger partial charge in [0.1, 0.15) is 17.5 Å². The van der Waals surface area contributed by atoms with Crippen LogP contribution in [0.2, 0.25) is 0 Å². The largest absolute Gasteiger partial charge is 0.457 e. The molecule has 0 unspecified atom stereocenters. The third-order valence-corrected chi connectivity index (χ3v) is 7.42. The summed E-state index contributed by atoms with van der Waals surface area (Å²) in [5.74, 6) is -5.65. The normalized spacial score (nSPS) is 44.3. The zero-order chi connectivity index (χ0) is 25.9. The van der Waals surface area contributed by atoms with E-state index < -0.39 is 64.7 Å². The standard InChI is InChI=1S/C24H41FO8/c1-10-16-23(7,30)19(28)14(4)17(26)13(3)12-24(11-2,32-9)20(31-8)15(5)18(27)22(6,25)21(29)33-16/h13-16,19-20,28,30H,10-12H2,1-9H3/t13-,14+,15+,16-,19-,20-,22+,23-,24-/m1/s1. The molecule has 0 amide bonds. The van der Waals surface area contributed by atoms with Gasteiger partial charge >= 0.3 is 5.97 Å². The molecule has 1 aliphatic rings. The number of carbonyl (C=O) groups is 3. The number of aliphatic hydroxyl groups excluding tert-OH is 1. The van der Waals surface area contributed by atoms with Crippen LogP contribution in [0.25, 0.3) is 0 Å². The van der Waals surface area contributed by atoms with Crippen LogP contribution >= 0.6 is 0 Å². The molecule has 33 heavy (non-hydrogen) atoms. The summed E-state index contributed by atoms with van der Waals surface area (Å²) >= 11 is 0. The maximum atomic E-state index is 15.6. The monoisotopic (exact) mass is 476 g/mol. The van der Waals surface area contributed by atoms with Gasteiger partial charge in [0, 0.05) is 32.0 Å². The molecule has 1 saturated heterocycles. The second-order valence-corrected chi connectivity index (χ2v) is 9.70. The van der Waals surface area contributed by atoms with Crippen LogP contribution in [-0.4, -0.2) is 77.2 Å². The number of carbonyl (C=O) groups excluding carboxylic acids is 3. The van der Waals surface area contributed by atoms with E-state index in [1.807, 2.05) is 0 Å². The summed E-state index contributed by atoms with van der Waals surface area (Å²) in [6, 6.07) is 0. The number of methoxy groups -OCH3 is 2. The first-order valence-corrected chi connectivity index (χ1v) is 11.5. The molecule has 0 aromatic carbocycles. The molecule has 2 N–H and O–H groups in total. The minimum absolute atomic E-state index is 0.0232. The molecule has 0 aliphatic carbocycles. The van der Waals surface area contributed by atoms with Crippen LogP contribution < -0.4 is 0 Å². The molecule has 1 heterocycles. The third kappa shape index (κ3) is 5.47. The maximum Gasteiger partial charge on any atom is 0.351 e. The van der Waals surface area contributed by atoms with Crippen molar-refractivity contribution in [3.8, 4) is 0 Å². The topological polar surface area (TPSA) is 119 Å². The molecule has 1 aliphatic heterocycles. The van der Waals surface area contributed by atoms with Gasteiger partial charge in [-0.1, -0.05) is 34.6 Å². The van der Waals surface area contributed by atoms with Crippen molar-refractivity contribution in [2.75, 3.05) is 14.2 Å². The maximum absolute atomic E-state index is 15.6. The van der Waals surface area contributed by atoms with Crippen molar-refractivity contribution in [1.82, 2.24) is 0 Å². The van der Waals surface area contributed by atoms with Crippen LogP contribution in [0.15, 0.2) is 0 Å². The van der Waals surface area contributed by atoms with Crippen LogP contribution in [0.3, 0.4) is 0 Å². The molecule has 0 aromatic rings. The van der Waals surface area contributed by atoms with Crippen molar-refractivity contribution in [3.63, 3.8) is 0 Å². The van der Waals surface area contributed by atoms with Gasteiger partial charge in [-0.2, -0.15) is 0 Å². The van der Waals surface area contributed by atoms with Crippen molar-refractivity contribution in [2.45, 2.75) is 103 Å². The number of Topliss-reactive ketones (excluding diaryl/α,β-unsaturated/α-hetero) is 2. The zero-order valence-corrected chi connectivity index (χ0v) is 21.3. The minimum atomic E-state index is -3.03. The van der Waals surface area contributed by atoms with Gasteiger partial charge in [-0.3, -0.25) is 9.59 Å². The van der Waals surface area contributed by atoms with E-state index in [0.717, 1.165) is 6.92 Å². The molecular weight excluding hydrogens is 435 g/mol. The number of ether oxygens (including phenoxy) is 3. The smallest absolute Gasteiger partial charge is 0.351 e. The second kappa shape index (κ2) is 10.9. The van der Waals surface area contributed by atoms with E-state index in [1.165, 1.54) is 35.0 Å². The number of alkyl halides is 1. The summed E-state index contributed by atoms with van der Waals surface area (Å²) in [5, 5.41) is 21.9. The molecule has 0 bridgehead atoms. The summed E-state index contributed by atoms with van der Waals surface area (Å²) < 4.78 is 32.2. The van der Waals surface area contributed by atoms with Crippen molar-refractivity contribution < 1.29 is 43.2 Å². The van der Waals surface area contributed by atoms with Gasteiger partial charge < -0.3 is 24.4 Å². The molecular formula is C24H41FO8. The van der Waals surface area contributed by atoms with Gasteiger partial charge in [0.2, 0.25) is 0 Å². The van der Waals surface area contributed by atoms with Crippen LogP contribution in [0.5, 0.6) is 0 Å². The average molecular weight is 477 g/mol. The predicted octanol–water partition coefficient (Wildman–Crippen LogP) is 2.41. The molecule has 0 spiro atoms. The highest BCUT2D eigenvalue weighted by Crippen LogP contribution is 2.38. The van der Waals surface area contributed by atoms with E-state index >= 15 is 4.39 Å². The first kappa shape index (κ1) is 29.6. The molecule has 192 valence electrons. The Bertz CT molecular complexity index is 715. The Morgan fingerprint density at radius 1 is 1.09 bits per heavy atom. The summed E-state index contributed by atoms with van der Waals surface area (Å²) in [5.41, 5.74) is -6.25. The van der Waals surface area contributed by atoms with Crippen LogP contribution in [0, 0.1) is 17.8 Å². The lowest BCUT2D eigenvalue weighted by atomic mass is 9.72. The highest BCUT2D eigenvalue weighted by Gasteiger charge is 2.55. The van der Waals surface area contributed by atoms with E-state index in [2.05, 4.69) is 0 Å². The van der Waals surface area contributed by atoms with E-state index in [1.54, 1.807) is 20.8 Å². The molecule has 1 rings (SSSR count). The van der Waals surface area contributed by atoms with Crippen molar-refractivity contribution >= 4 is 17.5 Å². The SMILES string of the molecule is CC[C@H]1OC(=O)[C@@](C)(F)C(=O)[C@H](C)[C@@H](OC)[C@](CC)(OC)C[C@@H](C)C(=O)[C@H](C)[C@@H](O)[C@]1(C)O. The number of halogens is 1. The fourth-order valence-corrected chi connectivity index (χ4v) is 5.12. The Balaban J connectivity index is 3.71. The first-order chi connectivity index (χ1) is 15.1. The lowest BCUT2D eigenvalue weighted by Gasteiger charge is -2.44. The quantitative estimate of drug-likeness (QED) is 0.469. The zero-order valence-electron chi connectivity index (χ0n) is 21.3. The van der Waals surface area contributed by atoms with E-state index in [9.17, 15) is 24.6 Å². The molecule has 8 nitrogen and oxygen atoms in total. The third-order valence-electron chi connectivity index (χ3n) is 7.42. The lowest BCUT2D eigenvalue weighted by Crippen LogP contribution is -2.59. The highest BCUT2D eigenvalue weighted by atomic mass is 19.1. The first-order valence-electron chi connectivity index (χ1n) is 11.5. The van der Waals surface area contributed by atoms with Gasteiger partial charge in [0.25, 0.3) is 5.67 Å². The second-order valence-electron chi connectivity index (χ2n) is 9.70. The summed E-state index contributed by atoms with van der Waals surface area (Å²) in [6.07, 6.45) is -3.44. The summed E-state index contributed by atoms with van der Waals surface area (Å²) in [7, 11) is 2.78. The van der Waals surface area contributed by atoms with Gasteiger partial charge in [0.05, 0.1) is 17.8 Å². The number of cyclic esters (lactones) is 1. The fourth-order valence-electron chi connectivity index (χ4n) is 5.12. The van der Waals surface area contributed by atoms with Crippen LogP contribution in [0.4, 0.5) is 4.39 Å². The Hall–Kier alpha value is -1.42. The number of aliphatic hydroxyl groups is 2. The Kier molecular flexibility index (Phi) is 9.77. The Morgan fingerprint density at radius 2 is 1.64 bits per heavy atom. The molecule has 0 radical (unpaired) electrons. The number of hydrogen-bond donors (Lipinski definition) is 2. The predicted molar refractivity (Wildman–Crippen MR) is 119 cm³/mol. The van der Waals surface area contributed by atoms with Crippen molar-refractivity contribution in [1.29, 1.82) is 0 Å². The molecule has 0 saturated carbocycles. The van der Waals surface area contributed by atoms with Gasteiger partial charge in [0.15, 0.2) is 5.78 Å². The van der Waals surface area contributed by atoms with Gasteiger partial charge in [-0.15, -0.1) is 0 Å². The number of hydrogen-bond acceptors (Lipinski definition) is 8. The number of esters is 1.